The molecule has 1 aromatic rings. The third-order valence-electron chi connectivity index (χ3n) is 3.87. The van der Waals surface area contributed by atoms with Crippen molar-refractivity contribution in [3.63, 3.8) is 0 Å². The highest BCUT2D eigenvalue weighted by Crippen LogP contribution is 2.47. The van der Waals surface area contributed by atoms with Crippen LogP contribution >= 0.6 is 0 Å². The van der Waals surface area contributed by atoms with E-state index >= 15 is 0 Å². The quantitative estimate of drug-likeness (QED) is 0.756. The first-order valence-corrected chi connectivity index (χ1v) is 6.54. The summed E-state index contributed by atoms with van der Waals surface area (Å²) in [6, 6.07) is 1.61. The van der Waals surface area contributed by atoms with Crippen LogP contribution < -0.4 is 5.32 Å². The van der Waals surface area contributed by atoms with E-state index in [-0.39, 0.29) is 23.7 Å². The number of aryl methyl sites for hydroxylation is 1. The van der Waals surface area contributed by atoms with E-state index in [0.29, 0.717) is 17.8 Å². The third kappa shape index (κ3) is 3.04. The van der Waals surface area contributed by atoms with Gasteiger partial charge >= 0.3 is 0 Å². The molecule has 0 atom stereocenters. The molecule has 2 rings (SSSR count). The van der Waals surface area contributed by atoms with Gasteiger partial charge < -0.3 is 15.0 Å². The van der Waals surface area contributed by atoms with Crippen LogP contribution in [-0.4, -0.2) is 34.5 Å². The molecular weight excluding hydrogens is 244 g/mol. The lowest BCUT2D eigenvalue weighted by molar-refractivity contribution is 0.0932. The predicted octanol–water partition coefficient (Wildman–Crippen LogP) is 1.12. The summed E-state index contributed by atoms with van der Waals surface area (Å²) in [6.07, 6.45) is 4.51. The summed E-state index contributed by atoms with van der Waals surface area (Å²) in [7, 11) is 1.75. The smallest absolute Gasteiger partial charge is 0.267 e. The highest BCUT2D eigenvalue weighted by molar-refractivity contribution is 5.99. The van der Waals surface area contributed by atoms with Crippen molar-refractivity contribution >= 4 is 11.7 Å². The summed E-state index contributed by atoms with van der Waals surface area (Å²) in [5.74, 6) is -0.215. The summed E-state index contributed by atoms with van der Waals surface area (Å²) in [5.41, 5.74) is 1.13. The number of hydrogen-bond donors (Lipinski definition) is 2. The number of ketones is 1. The minimum Gasteiger partial charge on any atom is -0.396 e. The van der Waals surface area contributed by atoms with Crippen molar-refractivity contribution in [3.05, 3.63) is 23.5 Å². The van der Waals surface area contributed by atoms with E-state index in [9.17, 15) is 9.59 Å². The van der Waals surface area contributed by atoms with E-state index in [1.807, 2.05) is 0 Å². The summed E-state index contributed by atoms with van der Waals surface area (Å²) in [5, 5.41) is 11.9. The highest BCUT2D eigenvalue weighted by atomic mass is 16.3. The molecule has 1 aliphatic rings. The Labute approximate surface area is 112 Å². The molecule has 0 bridgehead atoms. The zero-order valence-corrected chi connectivity index (χ0v) is 11.4. The Morgan fingerprint density at radius 3 is 2.63 bits per heavy atom. The maximum atomic E-state index is 12.1. The first-order chi connectivity index (χ1) is 8.97. The Kier molecular flexibility index (Phi) is 3.75. The average molecular weight is 264 g/mol. The zero-order valence-electron chi connectivity index (χ0n) is 11.4. The Bertz CT molecular complexity index is 501. The maximum Gasteiger partial charge on any atom is 0.267 e. The molecule has 0 radical (unpaired) electrons. The fourth-order valence-corrected chi connectivity index (χ4v) is 2.27. The van der Waals surface area contributed by atoms with Crippen molar-refractivity contribution < 1.29 is 14.7 Å². The lowest BCUT2D eigenvalue weighted by atomic mass is 10.0. The second-order valence-electron chi connectivity index (χ2n) is 5.44. The molecule has 1 fully saturated rings. The first-order valence-electron chi connectivity index (χ1n) is 6.54. The molecule has 0 spiro atoms. The van der Waals surface area contributed by atoms with Crippen molar-refractivity contribution in [1.29, 1.82) is 0 Å². The normalized spacial score (nSPS) is 16.2. The van der Waals surface area contributed by atoms with Crippen LogP contribution in [0.4, 0.5) is 0 Å². The number of aliphatic hydroxyl groups is 1. The van der Waals surface area contributed by atoms with Crippen LogP contribution in [0.15, 0.2) is 12.3 Å². The third-order valence-corrected chi connectivity index (χ3v) is 3.87. The van der Waals surface area contributed by atoms with E-state index in [2.05, 4.69) is 5.32 Å². The summed E-state index contributed by atoms with van der Waals surface area (Å²) < 4.78 is 1.66. The molecular formula is C14H20N2O3. The van der Waals surface area contributed by atoms with Crippen LogP contribution in [-0.2, 0) is 7.05 Å². The number of hydrogen-bond acceptors (Lipinski definition) is 3. The van der Waals surface area contributed by atoms with Gasteiger partial charge in [0.25, 0.3) is 5.91 Å². The molecule has 0 unspecified atom stereocenters. The van der Waals surface area contributed by atoms with Gasteiger partial charge in [0.05, 0.1) is 0 Å². The summed E-state index contributed by atoms with van der Waals surface area (Å²) in [6.45, 7) is 2.24. The number of nitrogens with zero attached hydrogens (tertiary/aromatic N) is 1. The average Bonchev–Trinajstić information content (AvgIpc) is 3.00. The van der Waals surface area contributed by atoms with Gasteiger partial charge in [-0.05, 0) is 37.7 Å². The van der Waals surface area contributed by atoms with Crippen LogP contribution in [0.3, 0.4) is 0 Å². The molecule has 0 saturated heterocycles. The number of Topliss-reactive ketones (excluding diaryl/α,β-unsaturated/α-hetero) is 1. The molecule has 1 aromatic heterocycles. The van der Waals surface area contributed by atoms with E-state index in [4.69, 9.17) is 5.11 Å². The molecule has 0 aliphatic heterocycles. The van der Waals surface area contributed by atoms with Crippen molar-refractivity contribution in [3.8, 4) is 0 Å². The van der Waals surface area contributed by atoms with Crippen LogP contribution in [0.1, 0.15) is 47.0 Å². The number of carbonyl (C=O) groups is 2. The van der Waals surface area contributed by atoms with E-state index in [0.717, 1.165) is 19.3 Å². The lowest BCUT2D eigenvalue weighted by Crippen LogP contribution is -2.31. The minimum absolute atomic E-state index is 0.0476. The molecule has 1 heterocycles. The number of aromatic nitrogens is 1. The SMILES string of the molecule is CC(=O)c1cc(C(=O)NCC2(CCO)CC2)n(C)c1. The monoisotopic (exact) mass is 264 g/mol. The number of amides is 1. The minimum atomic E-state index is -0.167. The van der Waals surface area contributed by atoms with E-state index < -0.39 is 0 Å². The van der Waals surface area contributed by atoms with Gasteiger partial charge in [0.1, 0.15) is 5.69 Å². The molecule has 2 N–H and O–H groups in total. The van der Waals surface area contributed by atoms with Crippen LogP contribution in [0.5, 0.6) is 0 Å². The van der Waals surface area contributed by atoms with Crippen molar-refractivity contribution in [1.82, 2.24) is 9.88 Å². The zero-order chi connectivity index (χ0) is 14.0. The standard InChI is InChI=1S/C14H20N2O3/c1-10(18)11-7-12(16(2)8-11)13(19)15-9-14(3-4-14)5-6-17/h7-8,17H,3-6,9H2,1-2H3,(H,15,19). The predicted molar refractivity (Wildman–Crippen MR) is 71.1 cm³/mol. The topological polar surface area (TPSA) is 71.3 Å². The van der Waals surface area contributed by atoms with Crippen molar-refractivity contribution in [2.45, 2.75) is 26.2 Å². The second-order valence-corrected chi connectivity index (χ2v) is 5.44. The van der Waals surface area contributed by atoms with Gasteiger partial charge in [0, 0.05) is 32.0 Å². The van der Waals surface area contributed by atoms with Crippen molar-refractivity contribution in [2.75, 3.05) is 13.2 Å². The van der Waals surface area contributed by atoms with Crippen LogP contribution in [0.25, 0.3) is 0 Å². The molecule has 5 heteroatoms. The molecule has 19 heavy (non-hydrogen) atoms. The van der Waals surface area contributed by atoms with Crippen molar-refractivity contribution in [2.24, 2.45) is 12.5 Å². The molecule has 104 valence electrons. The van der Waals surface area contributed by atoms with Gasteiger partial charge in [0.15, 0.2) is 5.78 Å². The highest BCUT2D eigenvalue weighted by Gasteiger charge is 2.42. The molecule has 1 aliphatic carbocycles. The second kappa shape index (κ2) is 5.17. The number of carbonyl (C=O) groups excluding carboxylic acids is 2. The fraction of sp³-hybridized carbons (Fsp3) is 0.571. The van der Waals surface area contributed by atoms with Gasteiger partial charge in [-0.25, -0.2) is 0 Å². The maximum absolute atomic E-state index is 12.1. The number of rotatable bonds is 6. The Morgan fingerprint density at radius 2 is 2.16 bits per heavy atom. The van der Waals surface area contributed by atoms with E-state index in [1.165, 1.54) is 6.92 Å². The molecule has 1 amide bonds. The van der Waals surface area contributed by atoms with Gasteiger partial charge in [-0.15, -0.1) is 0 Å². The lowest BCUT2D eigenvalue weighted by Gasteiger charge is -2.14. The van der Waals surface area contributed by atoms with Gasteiger partial charge in [-0.2, -0.15) is 0 Å². The Morgan fingerprint density at radius 1 is 1.47 bits per heavy atom. The Balaban J connectivity index is 1.98. The largest absolute Gasteiger partial charge is 0.396 e. The molecule has 0 aromatic carbocycles. The Hall–Kier alpha value is -1.62. The van der Waals surface area contributed by atoms with Crippen LogP contribution in [0, 0.1) is 5.41 Å². The summed E-state index contributed by atoms with van der Waals surface area (Å²) in [4.78, 5) is 23.3. The fourth-order valence-electron chi connectivity index (χ4n) is 2.27. The summed E-state index contributed by atoms with van der Waals surface area (Å²) >= 11 is 0. The molecule has 1 saturated carbocycles. The number of aliphatic hydroxyl groups excluding tert-OH is 1. The van der Waals surface area contributed by atoms with Gasteiger partial charge in [0.2, 0.25) is 0 Å². The molecule has 5 nitrogen and oxygen atoms in total. The van der Waals surface area contributed by atoms with Crippen LogP contribution in [0.2, 0.25) is 0 Å². The van der Waals surface area contributed by atoms with Gasteiger partial charge in [-0.3, -0.25) is 9.59 Å². The van der Waals surface area contributed by atoms with E-state index in [1.54, 1.807) is 23.9 Å². The van der Waals surface area contributed by atoms with Gasteiger partial charge in [-0.1, -0.05) is 0 Å². The first kappa shape index (κ1) is 13.8. The number of nitrogens with one attached hydrogen (secondary N) is 1.